The van der Waals surface area contributed by atoms with Crippen LogP contribution in [0.4, 0.5) is 5.69 Å². The van der Waals surface area contributed by atoms with Gasteiger partial charge in [-0.2, -0.15) is 0 Å². The summed E-state index contributed by atoms with van der Waals surface area (Å²) in [6.07, 6.45) is 4.62. The number of nitrogens with zero attached hydrogens (tertiary/aromatic N) is 2. The lowest BCUT2D eigenvalue weighted by Crippen LogP contribution is -2.44. The van der Waals surface area contributed by atoms with Gasteiger partial charge in [-0.15, -0.1) is 24.0 Å². The van der Waals surface area contributed by atoms with Crippen LogP contribution < -0.4 is 16.0 Å². The molecule has 1 aromatic rings. The molecule has 1 saturated heterocycles. The molecule has 1 atom stereocenters. The van der Waals surface area contributed by atoms with Crippen molar-refractivity contribution in [3.05, 3.63) is 29.8 Å². The standard InChI is InChI=1S/C21H31N5O2.HI/c1-3-19(27)26-11-10-18(14-26)25-21(22-2)23-13-15-6-4-9-17(12-15)24-20(28)16-7-5-8-16;/h4,6,9,12,16,18H,3,5,7-8,10-11,13-14H2,1-2H3,(H,24,28)(H2,22,23,25);1H. The molecule has 3 rings (SSSR count). The summed E-state index contributed by atoms with van der Waals surface area (Å²) in [5.74, 6) is 1.23. The third-order valence-electron chi connectivity index (χ3n) is 5.54. The van der Waals surface area contributed by atoms with Gasteiger partial charge < -0.3 is 20.9 Å². The van der Waals surface area contributed by atoms with Crippen LogP contribution in [0.3, 0.4) is 0 Å². The largest absolute Gasteiger partial charge is 0.352 e. The van der Waals surface area contributed by atoms with Crippen molar-refractivity contribution in [2.75, 3.05) is 25.5 Å². The molecule has 1 aliphatic heterocycles. The van der Waals surface area contributed by atoms with Crippen LogP contribution in [0, 0.1) is 5.92 Å². The van der Waals surface area contributed by atoms with E-state index in [0.717, 1.165) is 56.0 Å². The molecule has 160 valence electrons. The molecule has 1 saturated carbocycles. The molecule has 3 N–H and O–H groups in total. The Morgan fingerprint density at radius 2 is 2.03 bits per heavy atom. The Labute approximate surface area is 190 Å². The Bertz CT molecular complexity index is 736. The molecule has 1 unspecified atom stereocenters. The Morgan fingerprint density at radius 1 is 1.24 bits per heavy atom. The van der Waals surface area contributed by atoms with Gasteiger partial charge in [-0.25, -0.2) is 0 Å². The number of guanidine groups is 1. The number of aliphatic imine (C=N–C) groups is 1. The first-order valence-electron chi connectivity index (χ1n) is 10.2. The highest BCUT2D eigenvalue weighted by molar-refractivity contribution is 14.0. The van der Waals surface area contributed by atoms with E-state index < -0.39 is 0 Å². The fourth-order valence-electron chi connectivity index (χ4n) is 3.58. The summed E-state index contributed by atoms with van der Waals surface area (Å²) in [5.41, 5.74) is 1.91. The summed E-state index contributed by atoms with van der Waals surface area (Å²) in [6, 6.07) is 8.11. The number of amides is 2. The molecule has 0 bridgehead atoms. The van der Waals surface area contributed by atoms with E-state index in [2.05, 4.69) is 20.9 Å². The average Bonchev–Trinajstić information content (AvgIpc) is 3.11. The van der Waals surface area contributed by atoms with Crippen LogP contribution in [-0.4, -0.2) is 48.9 Å². The van der Waals surface area contributed by atoms with Gasteiger partial charge in [0.05, 0.1) is 0 Å². The first-order valence-corrected chi connectivity index (χ1v) is 10.2. The molecule has 0 radical (unpaired) electrons. The first-order chi connectivity index (χ1) is 13.6. The number of carbonyl (C=O) groups is 2. The Kier molecular flexibility index (Phi) is 9.19. The van der Waals surface area contributed by atoms with Gasteiger partial charge in [-0.1, -0.05) is 25.5 Å². The fraction of sp³-hybridized carbons (Fsp3) is 0.571. The summed E-state index contributed by atoms with van der Waals surface area (Å²) in [5, 5.41) is 9.73. The van der Waals surface area contributed by atoms with Gasteiger partial charge in [0.15, 0.2) is 5.96 Å². The van der Waals surface area contributed by atoms with E-state index in [0.29, 0.717) is 13.0 Å². The molecule has 1 heterocycles. The summed E-state index contributed by atoms with van der Waals surface area (Å²) < 4.78 is 0. The predicted molar refractivity (Wildman–Crippen MR) is 126 cm³/mol. The van der Waals surface area contributed by atoms with Crippen molar-refractivity contribution in [2.45, 2.75) is 51.6 Å². The minimum absolute atomic E-state index is 0. The van der Waals surface area contributed by atoms with E-state index in [1.54, 1.807) is 7.05 Å². The number of hydrogen-bond donors (Lipinski definition) is 3. The molecule has 7 nitrogen and oxygen atoms in total. The first kappa shape index (κ1) is 23.4. The maximum absolute atomic E-state index is 12.1. The topological polar surface area (TPSA) is 85.8 Å². The quantitative estimate of drug-likeness (QED) is 0.310. The van der Waals surface area contributed by atoms with Crippen molar-refractivity contribution in [3.63, 3.8) is 0 Å². The zero-order chi connectivity index (χ0) is 19.9. The van der Waals surface area contributed by atoms with Crippen molar-refractivity contribution in [1.29, 1.82) is 0 Å². The lowest BCUT2D eigenvalue weighted by Gasteiger charge is -2.24. The maximum Gasteiger partial charge on any atom is 0.227 e. The van der Waals surface area contributed by atoms with Gasteiger partial charge in [0.25, 0.3) is 0 Å². The number of anilines is 1. The third-order valence-corrected chi connectivity index (χ3v) is 5.54. The van der Waals surface area contributed by atoms with Crippen LogP contribution in [0.25, 0.3) is 0 Å². The summed E-state index contributed by atoms with van der Waals surface area (Å²) in [4.78, 5) is 30.1. The number of halogens is 1. The van der Waals surface area contributed by atoms with Gasteiger partial charge >= 0.3 is 0 Å². The lowest BCUT2D eigenvalue weighted by atomic mass is 9.85. The van der Waals surface area contributed by atoms with E-state index >= 15 is 0 Å². The minimum Gasteiger partial charge on any atom is -0.352 e. The second-order valence-electron chi connectivity index (χ2n) is 7.57. The maximum atomic E-state index is 12.1. The second kappa shape index (κ2) is 11.4. The van der Waals surface area contributed by atoms with Crippen molar-refractivity contribution < 1.29 is 9.59 Å². The fourth-order valence-corrected chi connectivity index (χ4v) is 3.58. The molecule has 2 amide bonds. The Balaban J connectivity index is 0.00000300. The second-order valence-corrected chi connectivity index (χ2v) is 7.57. The van der Waals surface area contributed by atoms with E-state index in [-0.39, 0.29) is 47.8 Å². The van der Waals surface area contributed by atoms with Gasteiger partial charge in [0, 0.05) is 50.7 Å². The van der Waals surface area contributed by atoms with Crippen LogP contribution in [0.1, 0.15) is 44.6 Å². The molecule has 8 heteroatoms. The summed E-state index contributed by atoms with van der Waals surface area (Å²) in [6.45, 7) is 4.02. The number of rotatable bonds is 6. The molecule has 1 aromatic carbocycles. The number of benzene rings is 1. The number of likely N-dealkylation sites (tertiary alicyclic amines) is 1. The van der Waals surface area contributed by atoms with Crippen LogP contribution in [-0.2, 0) is 16.1 Å². The number of hydrogen-bond acceptors (Lipinski definition) is 3. The predicted octanol–water partition coefficient (Wildman–Crippen LogP) is 2.72. The Morgan fingerprint density at radius 3 is 2.69 bits per heavy atom. The van der Waals surface area contributed by atoms with Crippen LogP contribution >= 0.6 is 24.0 Å². The van der Waals surface area contributed by atoms with Crippen LogP contribution in [0.2, 0.25) is 0 Å². The highest BCUT2D eigenvalue weighted by Crippen LogP contribution is 2.27. The molecule has 2 fully saturated rings. The van der Waals surface area contributed by atoms with Gasteiger partial charge in [-0.05, 0) is 37.0 Å². The molecular formula is C21H32IN5O2. The minimum atomic E-state index is 0. The average molecular weight is 513 g/mol. The van der Waals surface area contributed by atoms with E-state index in [1.807, 2.05) is 36.1 Å². The van der Waals surface area contributed by atoms with Gasteiger partial charge in [0.1, 0.15) is 0 Å². The van der Waals surface area contributed by atoms with Crippen molar-refractivity contribution in [2.24, 2.45) is 10.9 Å². The van der Waals surface area contributed by atoms with Gasteiger partial charge in [-0.3, -0.25) is 14.6 Å². The van der Waals surface area contributed by atoms with Gasteiger partial charge in [0.2, 0.25) is 11.8 Å². The lowest BCUT2D eigenvalue weighted by molar-refractivity contribution is -0.129. The molecule has 0 aromatic heterocycles. The third kappa shape index (κ3) is 6.58. The molecule has 0 spiro atoms. The highest BCUT2D eigenvalue weighted by atomic mass is 127. The SMILES string of the molecule is CCC(=O)N1CCC(NC(=NC)NCc2cccc(NC(=O)C3CCC3)c2)C1.I. The monoisotopic (exact) mass is 513 g/mol. The zero-order valence-corrected chi connectivity index (χ0v) is 19.6. The molecule has 29 heavy (non-hydrogen) atoms. The zero-order valence-electron chi connectivity index (χ0n) is 17.2. The van der Waals surface area contributed by atoms with E-state index in [1.165, 1.54) is 0 Å². The van der Waals surface area contributed by atoms with E-state index in [9.17, 15) is 9.59 Å². The molecule has 2 aliphatic rings. The molecular weight excluding hydrogens is 481 g/mol. The van der Waals surface area contributed by atoms with Crippen molar-refractivity contribution >= 4 is 47.4 Å². The molecule has 1 aliphatic carbocycles. The normalized spacial score (nSPS) is 19.2. The summed E-state index contributed by atoms with van der Waals surface area (Å²) >= 11 is 0. The van der Waals surface area contributed by atoms with Crippen LogP contribution in [0.15, 0.2) is 29.3 Å². The summed E-state index contributed by atoms with van der Waals surface area (Å²) in [7, 11) is 1.74. The smallest absolute Gasteiger partial charge is 0.227 e. The number of carbonyl (C=O) groups excluding carboxylic acids is 2. The Hall–Kier alpha value is -1.84. The van der Waals surface area contributed by atoms with Crippen LogP contribution in [0.5, 0.6) is 0 Å². The van der Waals surface area contributed by atoms with E-state index in [4.69, 9.17) is 0 Å². The van der Waals surface area contributed by atoms with Crippen molar-refractivity contribution in [1.82, 2.24) is 15.5 Å². The highest BCUT2D eigenvalue weighted by Gasteiger charge is 2.26. The van der Waals surface area contributed by atoms with Crippen molar-refractivity contribution in [3.8, 4) is 0 Å². The number of nitrogens with one attached hydrogen (secondary N) is 3.